The minimum absolute atomic E-state index is 0.0740. The molecule has 0 bridgehead atoms. The van der Waals surface area contributed by atoms with Crippen LogP contribution in [0, 0.1) is 11.6 Å². The van der Waals surface area contributed by atoms with Gasteiger partial charge in [-0.1, -0.05) is 25.0 Å². The average Bonchev–Trinajstić information content (AvgIpc) is 3.48. The van der Waals surface area contributed by atoms with Crippen LogP contribution < -0.4 is 14.8 Å². The first-order chi connectivity index (χ1) is 16.6. The van der Waals surface area contributed by atoms with Crippen LogP contribution >= 0.6 is 0 Å². The molecule has 1 aromatic heterocycles. The molecule has 1 heterocycles. The molecule has 0 saturated heterocycles. The van der Waals surface area contributed by atoms with E-state index in [1.807, 2.05) is 12.1 Å². The van der Waals surface area contributed by atoms with Crippen molar-refractivity contribution in [2.24, 2.45) is 0 Å². The molecule has 1 saturated carbocycles. The van der Waals surface area contributed by atoms with E-state index in [2.05, 4.69) is 16.4 Å². The first-order valence-electron chi connectivity index (χ1n) is 11.1. The number of halogens is 2. The van der Waals surface area contributed by atoms with E-state index in [0.29, 0.717) is 11.7 Å². The molecule has 2 N–H and O–H groups in total. The Hall–Kier alpha value is -3.47. The maximum absolute atomic E-state index is 14.3. The standard InChI is InChI=1S/C24H25F2N3O5S/c1-14(17-11-19(25)22(20(26)12-17)29-35(2,31)32)27-23(30)21-13-33-24(28-21)34-18-9-5-8-16(10-18)15-6-3-4-7-15/h5,8-15,29H,3-4,6-7H2,1-2H3,(H,27,30). The largest absolute Gasteiger partial charge is 0.416 e. The molecule has 0 aliphatic heterocycles. The molecule has 35 heavy (non-hydrogen) atoms. The summed E-state index contributed by atoms with van der Waals surface area (Å²) in [5.41, 5.74) is 0.423. The van der Waals surface area contributed by atoms with Crippen LogP contribution in [0.15, 0.2) is 47.1 Å². The highest BCUT2D eigenvalue weighted by molar-refractivity contribution is 7.92. The molecule has 1 aliphatic carbocycles. The highest BCUT2D eigenvalue weighted by atomic mass is 32.2. The first-order valence-corrected chi connectivity index (χ1v) is 13.0. The molecule has 0 radical (unpaired) electrons. The van der Waals surface area contributed by atoms with Crippen molar-refractivity contribution in [3.8, 4) is 11.8 Å². The number of nitrogens with one attached hydrogen (secondary N) is 2. The number of aromatic nitrogens is 1. The van der Waals surface area contributed by atoms with E-state index in [4.69, 9.17) is 9.15 Å². The third-order valence-electron chi connectivity index (χ3n) is 5.81. The number of sulfonamides is 1. The summed E-state index contributed by atoms with van der Waals surface area (Å²) in [4.78, 5) is 16.6. The monoisotopic (exact) mass is 505 g/mol. The minimum atomic E-state index is -3.87. The third kappa shape index (κ3) is 6.16. The molecular weight excluding hydrogens is 480 g/mol. The van der Waals surface area contributed by atoms with E-state index >= 15 is 0 Å². The summed E-state index contributed by atoms with van der Waals surface area (Å²) in [5, 5.41) is 2.57. The van der Waals surface area contributed by atoms with E-state index < -0.39 is 39.3 Å². The molecule has 1 amide bonds. The number of amides is 1. The molecule has 2 aromatic carbocycles. The predicted octanol–water partition coefficient (Wildman–Crippen LogP) is 5.27. The van der Waals surface area contributed by atoms with Gasteiger partial charge in [-0.15, -0.1) is 0 Å². The predicted molar refractivity (Wildman–Crippen MR) is 125 cm³/mol. The summed E-state index contributed by atoms with van der Waals surface area (Å²) in [7, 11) is -3.87. The van der Waals surface area contributed by atoms with Crippen molar-refractivity contribution in [2.45, 2.75) is 44.6 Å². The quantitative estimate of drug-likeness (QED) is 0.432. The second-order valence-corrected chi connectivity index (χ2v) is 10.3. The van der Waals surface area contributed by atoms with Crippen LogP contribution in [0.2, 0.25) is 0 Å². The van der Waals surface area contributed by atoms with Crippen LogP contribution in [0.3, 0.4) is 0 Å². The number of nitrogens with zero attached hydrogens (tertiary/aromatic N) is 1. The Morgan fingerprint density at radius 1 is 1.17 bits per heavy atom. The number of carbonyl (C=O) groups excluding carboxylic acids is 1. The van der Waals surface area contributed by atoms with Gasteiger partial charge in [0.25, 0.3) is 5.91 Å². The summed E-state index contributed by atoms with van der Waals surface area (Å²) in [6, 6.07) is 8.74. The minimum Gasteiger partial charge on any atom is -0.416 e. The van der Waals surface area contributed by atoms with E-state index in [0.717, 1.165) is 37.5 Å². The fraction of sp³-hybridized carbons (Fsp3) is 0.333. The van der Waals surface area contributed by atoms with Crippen LogP contribution in [-0.4, -0.2) is 25.6 Å². The van der Waals surface area contributed by atoms with E-state index in [1.54, 1.807) is 10.8 Å². The average molecular weight is 506 g/mol. The Morgan fingerprint density at radius 3 is 2.51 bits per heavy atom. The molecule has 8 nitrogen and oxygen atoms in total. The molecule has 1 fully saturated rings. The number of benzene rings is 2. The Kier molecular flexibility index (Phi) is 7.06. The lowest BCUT2D eigenvalue weighted by Crippen LogP contribution is -2.27. The number of carbonyl (C=O) groups is 1. The normalized spacial score (nSPS) is 15.1. The molecular formula is C24H25F2N3O5S. The van der Waals surface area contributed by atoms with Crippen molar-refractivity contribution in [3.05, 3.63) is 71.1 Å². The van der Waals surface area contributed by atoms with E-state index in [9.17, 15) is 22.0 Å². The Bertz CT molecular complexity index is 1310. The van der Waals surface area contributed by atoms with Gasteiger partial charge in [0.1, 0.15) is 17.7 Å². The van der Waals surface area contributed by atoms with Crippen LogP contribution in [0.1, 0.15) is 66.2 Å². The molecule has 11 heteroatoms. The zero-order valence-electron chi connectivity index (χ0n) is 19.2. The lowest BCUT2D eigenvalue weighted by Gasteiger charge is -2.15. The third-order valence-corrected chi connectivity index (χ3v) is 6.38. The summed E-state index contributed by atoms with van der Waals surface area (Å²) in [6.45, 7) is 1.52. The van der Waals surface area contributed by atoms with Gasteiger partial charge in [-0.3, -0.25) is 9.52 Å². The molecule has 3 aromatic rings. The fourth-order valence-corrected chi connectivity index (χ4v) is 4.65. The molecule has 1 aliphatic rings. The smallest absolute Gasteiger partial charge is 0.399 e. The van der Waals surface area contributed by atoms with Crippen molar-refractivity contribution < 1.29 is 31.1 Å². The number of oxazole rings is 1. The fourth-order valence-electron chi connectivity index (χ4n) is 4.08. The summed E-state index contributed by atoms with van der Waals surface area (Å²) < 4.78 is 63.9. The molecule has 4 rings (SSSR count). The zero-order chi connectivity index (χ0) is 25.2. The van der Waals surface area contributed by atoms with Gasteiger partial charge in [0, 0.05) is 0 Å². The molecule has 1 atom stereocenters. The van der Waals surface area contributed by atoms with Crippen LogP contribution in [0.25, 0.3) is 0 Å². The van der Waals surface area contributed by atoms with Gasteiger partial charge in [0.05, 0.1) is 12.3 Å². The van der Waals surface area contributed by atoms with Gasteiger partial charge < -0.3 is 14.5 Å². The second-order valence-electron chi connectivity index (χ2n) is 8.58. The van der Waals surface area contributed by atoms with Gasteiger partial charge in [-0.2, -0.15) is 4.98 Å². The number of hydrogen-bond donors (Lipinski definition) is 2. The highest BCUT2D eigenvalue weighted by Crippen LogP contribution is 2.36. The lowest BCUT2D eigenvalue weighted by atomic mass is 9.98. The van der Waals surface area contributed by atoms with Crippen molar-refractivity contribution >= 4 is 21.6 Å². The van der Waals surface area contributed by atoms with Crippen molar-refractivity contribution in [3.63, 3.8) is 0 Å². The van der Waals surface area contributed by atoms with Gasteiger partial charge in [-0.05, 0) is 61.1 Å². The topological polar surface area (TPSA) is 111 Å². The maximum Gasteiger partial charge on any atom is 0.399 e. The van der Waals surface area contributed by atoms with Crippen molar-refractivity contribution in [1.29, 1.82) is 0 Å². The number of ether oxygens (including phenoxy) is 1. The Balaban J connectivity index is 1.41. The van der Waals surface area contributed by atoms with E-state index in [1.165, 1.54) is 25.3 Å². The van der Waals surface area contributed by atoms with Gasteiger partial charge in [0.2, 0.25) is 10.0 Å². The SMILES string of the molecule is CC(NC(=O)c1coc(Oc2cccc(C3CCCC3)c2)n1)c1cc(F)c(NS(C)(=O)=O)c(F)c1. The van der Waals surface area contributed by atoms with Crippen molar-refractivity contribution in [1.82, 2.24) is 10.3 Å². The van der Waals surface area contributed by atoms with Gasteiger partial charge in [-0.25, -0.2) is 17.2 Å². The number of anilines is 1. The van der Waals surface area contributed by atoms with Crippen LogP contribution in [-0.2, 0) is 10.0 Å². The summed E-state index contributed by atoms with van der Waals surface area (Å²) >= 11 is 0. The Morgan fingerprint density at radius 2 is 1.86 bits per heavy atom. The van der Waals surface area contributed by atoms with Crippen LogP contribution in [0.5, 0.6) is 11.8 Å². The molecule has 186 valence electrons. The lowest BCUT2D eigenvalue weighted by molar-refractivity contribution is 0.0934. The van der Waals surface area contributed by atoms with Crippen molar-refractivity contribution in [2.75, 3.05) is 11.0 Å². The highest BCUT2D eigenvalue weighted by Gasteiger charge is 2.21. The first kappa shape index (κ1) is 24.6. The second kappa shape index (κ2) is 10.0. The summed E-state index contributed by atoms with van der Waals surface area (Å²) in [5.74, 6) is -1.80. The summed E-state index contributed by atoms with van der Waals surface area (Å²) in [6.07, 6.45) is 6.52. The van der Waals surface area contributed by atoms with Gasteiger partial charge >= 0.3 is 6.08 Å². The molecule has 1 unspecified atom stereocenters. The molecule has 0 spiro atoms. The zero-order valence-corrected chi connectivity index (χ0v) is 20.0. The van der Waals surface area contributed by atoms with E-state index in [-0.39, 0.29) is 17.3 Å². The van der Waals surface area contributed by atoms with Crippen LogP contribution in [0.4, 0.5) is 14.5 Å². The number of rotatable bonds is 8. The Labute approximate surface area is 201 Å². The number of hydrogen-bond acceptors (Lipinski definition) is 6. The van der Waals surface area contributed by atoms with Gasteiger partial charge in [0.15, 0.2) is 17.3 Å². The maximum atomic E-state index is 14.3.